The van der Waals surface area contributed by atoms with Gasteiger partial charge < -0.3 is 10.1 Å². The molecule has 0 spiro atoms. The number of rotatable bonds is 4. The Bertz CT molecular complexity index is 454. The summed E-state index contributed by atoms with van der Waals surface area (Å²) in [4.78, 5) is 11.7. The van der Waals surface area contributed by atoms with Crippen molar-refractivity contribution in [2.75, 3.05) is 6.61 Å². The molecule has 0 aliphatic carbocycles. The topological polar surface area (TPSA) is 38.3 Å². The van der Waals surface area contributed by atoms with Gasteiger partial charge in [-0.25, -0.2) is 4.79 Å². The first-order valence-corrected chi connectivity index (χ1v) is 6.08. The van der Waals surface area contributed by atoms with Crippen molar-refractivity contribution >= 4 is 6.09 Å². The van der Waals surface area contributed by atoms with Crippen LogP contribution in [0.2, 0.25) is 0 Å². The van der Waals surface area contributed by atoms with Gasteiger partial charge in [-0.2, -0.15) is 0 Å². The third-order valence-corrected chi connectivity index (χ3v) is 3.16. The molecule has 1 unspecified atom stereocenters. The van der Waals surface area contributed by atoms with Gasteiger partial charge in [-0.05, 0) is 38.8 Å². The number of carbonyl (C=O) groups excluding carboxylic acids is 1. The third-order valence-electron chi connectivity index (χ3n) is 3.16. The van der Waals surface area contributed by atoms with E-state index in [9.17, 15) is 4.79 Å². The van der Waals surface area contributed by atoms with Gasteiger partial charge in [-0.3, -0.25) is 0 Å². The number of ether oxygens (including phenoxy) is 1. The molecule has 0 saturated heterocycles. The number of aryl methyl sites for hydroxylation is 1. The number of alkyl carbamates (subject to hydrolysis) is 1. The molecular weight excluding hydrogens is 226 g/mol. The Kier molecular flexibility index (Phi) is 4.54. The molecule has 1 atom stereocenters. The third kappa shape index (κ3) is 2.92. The van der Waals surface area contributed by atoms with Gasteiger partial charge in [0.05, 0.1) is 12.1 Å². The minimum absolute atomic E-state index is 0.353. The molecule has 0 bridgehead atoms. The highest BCUT2D eigenvalue weighted by molar-refractivity contribution is 5.69. The van der Waals surface area contributed by atoms with Crippen LogP contribution < -0.4 is 5.32 Å². The Morgan fingerprint density at radius 2 is 2.06 bits per heavy atom. The van der Waals surface area contributed by atoms with Crippen molar-refractivity contribution < 1.29 is 9.53 Å². The van der Waals surface area contributed by atoms with E-state index in [1.807, 2.05) is 45.0 Å². The van der Waals surface area contributed by atoms with Crippen LogP contribution in [0.4, 0.5) is 4.79 Å². The van der Waals surface area contributed by atoms with Gasteiger partial charge in [0, 0.05) is 0 Å². The highest BCUT2D eigenvalue weighted by Crippen LogP contribution is 2.30. The normalized spacial score (nSPS) is 13.6. The maximum atomic E-state index is 11.7. The first-order chi connectivity index (χ1) is 8.41. The van der Waals surface area contributed by atoms with E-state index in [0.29, 0.717) is 6.61 Å². The number of hydrogen-bond acceptors (Lipinski definition) is 2. The van der Waals surface area contributed by atoms with Crippen LogP contribution in [0.5, 0.6) is 0 Å². The highest BCUT2D eigenvalue weighted by atomic mass is 16.5. The fourth-order valence-electron chi connectivity index (χ4n) is 1.91. The van der Waals surface area contributed by atoms with Crippen molar-refractivity contribution in [1.82, 2.24) is 5.32 Å². The van der Waals surface area contributed by atoms with Gasteiger partial charge in [0.15, 0.2) is 0 Å². The average molecular weight is 247 g/mol. The van der Waals surface area contributed by atoms with E-state index < -0.39 is 11.6 Å². The maximum absolute atomic E-state index is 11.7. The zero-order valence-electron chi connectivity index (χ0n) is 11.5. The van der Waals surface area contributed by atoms with Crippen molar-refractivity contribution in [3.63, 3.8) is 0 Å². The van der Waals surface area contributed by atoms with Crippen LogP contribution in [-0.2, 0) is 10.3 Å². The number of amides is 1. The van der Waals surface area contributed by atoms with Crippen LogP contribution in [-0.4, -0.2) is 12.7 Å². The summed E-state index contributed by atoms with van der Waals surface area (Å²) in [6, 6.07) is 7.94. The van der Waals surface area contributed by atoms with Crippen molar-refractivity contribution in [2.24, 2.45) is 0 Å². The summed E-state index contributed by atoms with van der Waals surface area (Å²) in [5.41, 5.74) is 2.40. The van der Waals surface area contributed by atoms with Gasteiger partial charge in [0.25, 0.3) is 0 Å². The second-order valence-corrected chi connectivity index (χ2v) is 4.57. The summed E-state index contributed by atoms with van der Waals surface area (Å²) in [5, 5.41) is 2.89. The van der Waals surface area contributed by atoms with E-state index in [4.69, 9.17) is 4.74 Å². The first kappa shape index (κ1) is 14.3. The lowest BCUT2D eigenvalue weighted by atomic mass is 9.83. The molecule has 0 aromatic heterocycles. The lowest BCUT2D eigenvalue weighted by Gasteiger charge is -2.33. The SMILES string of the molecule is C=C(C)C(C)(NC(=O)OCC)c1ccccc1C. The summed E-state index contributed by atoms with van der Waals surface area (Å²) in [7, 11) is 0. The zero-order valence-corrected chi connectivity index (χ0v) is 11.5. The minimum atomic E-state index is -0.613. The summed E-state index contributed by atoms with van der Waals surface area (Å²) >= 11 is 0. The molecular formula is C15H21NO2. The van der Waals surface area contributed by atoms with Crippen molar-refractivity contribution in [3.05, 3.63) is 47.5 Å². The Labute approximate surface area is 109 Å². The smallest absolute Gasteiger partial charge is 0.408 e. The molecule has 1 rings (SSSR count). The standard InChI is InChI=1S/C15H21NO2/c1-6-18-14(17)16-15(5,11(2)3)13-10-8-7-9-12(13)4/h7-10H,2,6H2,1,3-5H3,(H,16,17). The van der Waals surface area contributed by atoms with Crippen LogP contribution >= 0.6 is 0 Å². The lowest BCUT2D eigenvalue weighted by Crippen LogP contribution is -2.45. The first-order valence-electron chi connectivity index (χ1n) is 6.08. The van der Waals surface area contributed by atoms with Crippen LogP contribution in [0.25, 0.3) is 0 Å². The summed E-state index contributed by atoms with van der Waals surface area (Å²) < 4.78 is 4.96. The van der Waals surface area contributed by atoms with Gasteiger partial charge >= 0.3 is 6.09 Å². The summed E-state index contributed by atoms with van der Waals surface area (Å²) in [6.07, 6.45) is -0.425. The Hall–Kier alpha value is -1.77. The van der Waals surface area contributed by atoms with E-state index in [1.165, 1.54) is 0 Å². The molecule has 1 aromatic carbocycles. The molecule has 0 heterocycles. The molecule has 0 aliphatic heterocycles. The molecule has 1 N–H and O–H groups in total. The summed E-state index contributed by atoms with van der Waals surface area (Å²) in [5.74, 6) is 0. The van der Waals surface area contributed by atoms with Crippen molar-refractivity contribution in [1.29, 1.82) is 0 Å². The van der Waals surface area contributed by atoms with E-state index in [-0.39, 0.29) is 0 Å². The fourth-order valence-corrected chi connectivity index (χ4v) is 1.91. The quantitative estimate of drug-likeness (QED) is 0.826. The van der Waals surface area contributed by atoms with E-state index in [2.05, 4.69) is 11.9 Å². The Balaban J connectivity index is 3.12. The molecule has 3 heteroatoms. The van der Waals surface area contributed by atoms with E-state index >= 15 is 0 Å². The molecule has 0 saturated carbocycles. The van der Waals surface area contributed by atoms with Crippen molar-refractivity contribution in [2.45, 2.75) is 33.2 Å². The van der Waals surface area contributed by atoms with Gasteiger partial charge in [-0.15, -0.1) is 0 Å². The molecule has 0 aliphatic rings. The maximum Gasteiger partial charge on any atom is 0.408 e. The number of benzene rings is 1. The fraction of sp³-hybridized carbons (Fsp3) is 0.400. The molecule has 98 valence electrons. The average Bonchev–Trinajstić information content (AvgIpc) is 2.29. The molecule has 1 aromatic rings. The van der Waals surface area contributed by atoms with Crippen LogP contribution in [0.1, 0.15) is 31.9 Å². The second-order valence-electron chi connectivity index (χ2n) is 4.57. The largest absolute Gasteiger partial charge is 0.450 e. The summed E-state index contributed by atoms with van der Waals surface area (Å²) in [6.45, 7) is 12.0. The number of hydrogen-bond donors (Lipinski definition) is 1. The van der Waals surface area contributed by atoms with Crippen LogP contribution in [0.3, 0.4) is 0 Å². The Morgan fingerprint density at radius 3 is 2.56 bits per heavy atom. The monoisotopic (exact) mass is 247 g/mol. The predicted molar refractivity (Wildman–Crippen MR) is 73.5 cm³/mol. The van der Waals surface area contributed by atoms with Crippen LogP contribution in [0, 0.1) is 6.92 Å². The highest BCUT2D eigenvalue weighted by Gasteiger charge is 2.31. The van der Waals surface area contributed by atoms with Crippen LogP contribution in [0.15, 0.2) is 36.4 Å². The van der Waals surface area contributed by atoms with Gasteiger partial charge in [-0.1, -0.05) is 36.4 Å². The predicted octanol–water partition coefficient (Wildman–Crippen LogP) is 3.53. The molecule has 1 amide bonds. The minimum Gasteiger partial charge on any atom is -0.450 e. The molecule has 18 heavy (non-hydrogen) atoms. The molecule has 0 fully saturated rings. The van der Waals surface area contributed by atoms with Crippen molar-refractivity contribution in [3.8, 4) is 0 Å². The number of carbonyl (C=O) groups is 1. The Morgan fingerprint density at radius 1 is 1.44 bits per heavy atom. The molecule has 0 radical (unpaired) electrons. The van der Waals surface area contributed by atoms with Gasteiger partial charge in [0.2, 0.25) is 0 Å². The lowest BCUT2D eigenvalue weighted by molar-refractivity contribution is 0.143. The van der Waals surface area contributed by atoms with E-state index in [1.54, 1.807) is 6.92 Å². The molecule has 3 nitrogen and oxygen atoms in total. The van der Waals surface area contributed by atoms with Gasteiger partial charge in [0.1, 0.15) is 0 Å². The number of nitrogens with one attached hydrogen (secondary N) is 1. The zero-order chi connectivity index (χ0) is 13.8. The second kappa shape index (κ2) is 5.71. The van der Waals surface area contributed by atoms with E-state index in [0.717, 1.165) is 16.7 Å².